The highest BCUT2D eigenvalue weighted by atomic mass is 35.5. The molecule has 0 radical (unpaired) electrons. The smallest absolute Gasteiger partial charge is 0.0850 e. The highest BCUT2D eigenvalue weighted by Gasteiger charge is 2.15. The van der Waals surface area contributed by atoms with Crippen molar-refractivity contribution in [3.63, 3.8) is 0 Å². The van der Waals surface area contributed by atoms with Gasteiger partial charge in [-0.25, -0.2) is 0 Å². The van der Waals surface area contributed by atoms with Crippen LogP contribution in [0.2, 0.25) is 5.02 Å². The average Bonchev–Trinajstić information content (AvgIpc) is 2.66. The van der Waals surface area contributed by atoms with Crippen molar-refractivity contribution in [1.82, 2.24) is 9.78 Å². The molecule has 0 fully saturated rings. The molecular weight excluding hydrogens is 266 g/mol. The summed E-state index contributed by atoms with van der Waals surface area (Å²) in [5.41, 5.74) is 8.03. The van der Waals surface area contributed by atoms with Gasteiger partial charge in [-0.05, 0) is 12.8 Å². The van der Waals surface area contributed by atoms with E-state index in [0.717, 1.165) is 35.7 Å². The molecule has 0 spiro atoms. The van der Waals surface area contributed by atoms with E-state index in [-0.39, 0.29) is 6.04 Å². The molecule has 0 aromatic carbocycles. The van der Waals surface area contributed by atoms with E-state index in [0.29, 0.717) is 19.8 Å². The maximum atomic E-state index is 6.29. The number of methoxy groups -OCH3 is 1. The second-order valence-corrected chi connectivity index (χ2v) is 4.92. The zero-order valence-corrected chi connectivity index (χ0v) is 12.7. The van der Waals surface area contributed by atoms with Crippen LogP contribution in [0.15, 0.2) is 0 Å². The number of halogens is 1. The number of ether oxygens (including phenoxy) is 2. The predicted octanol–water partition coefficient (Wildman–Crippen LogP) is 1.56. The fourth-order valence-electron chi connectivity index (χ4n) is 1.87. The summed E-state index contributed by atoms with van der Waals surface area (Å²) in [6.45, 7) is 3.90. The first-order chi connectivity index (χ1) is 9.10. The van der Waals surface area contributed by atoms with Crippen LogP contribution in [-0.4, -0.2) is 42.8 Å². The molecule has 2 N–H and O–H groups in total. The number of aromatic nitrogens is 2. The molecule has 5 nitrogen and oxygen atoms in total. The van der Waals surface area contributed by atoms with E-state index in [4.69, 9.17) is 26.8 Å². The van der Waals surface area contributed by atoms with Crippen LogP contribution in [-0.2, 0) is 29.4 Å². The Balaban J connectivity index is 2.39. The number of nitrogens with zero attached hydrogens (tertiary/aromatic N) is 2. The molecule has 1 aromatic heterocycles. The van der Waals surface area contributed by atoms with Gasteiger partial charge in [0.1, 0.15) is 0 Å². The van der Waals surface area contributed by atoms with Crippen molar-refractivity contribution >= 4 is 11.6 Å². The monoisotopic (exact) mass is 289 g/mol. The fourth-order valence-corrected chi connectivity index (χ4v) is 2.24. The van der Waals surface area contributed by atoms with Crippen LogP contribution in [0, 0.1) is 0 Å². The summed E-state index contributed by atoms with van der Waals surface area (Å²) >= 11 is 6.29. The molecule has 110 valence electrons. The summed E-state index contributed by atoms with van der Waals surface area (Å²) in [5, 5.41) is 5.13. The highest BCUT2D eigenvalue weighted by Crippen LogP contribution is 2.22. The van der Waals surface area contributed by atoms with Crippen LogP contribution >= 0.6 is 11.6 Å². The van der Waals surface area contributed by atoms with Crippen molar-refractivity contribution < 1.29 is 9.47 Å². The second kappa shape index (κ2) is 8.53. The number of rotatable bonds is 9. The van der Waals surface area contributed by atoms with Crippen molar-refractivity contribution in [1.29, 1.82) is 0 Å². The number of hydrogen-bond donors (Lipinski definition) is 1. The normalized spacial score (nSPS) is 12.9. The van der Waals surface area contributed by atoms with Crippen LogP contribution in [0.1, 0.15) is 24.7 Å². The van der Waals surface area contributed by atoms with E-state index in [9.17, 15) is 0 Å². The third-order valence-electron chi connectivity index (χ3n) is 3.02. The van der Waals surface area contributed by atoms with E-state index in [2.05, 4.69) is 5.10 Å². The third kappa shape index (κ3) is 5.10. The lowest BCUT2D eigenvalue weighted by Crippen LogP contribution is -2.26. The lowest BCUT2D eigenvalue weighted by atomic mass is 10.1. The van der Waals surface area contributed by atoms with Crippen LogP contribution in [0.3, 0.4) is 0 Å². The summed E-state index contributed by atoms with van der Waals surface area (Å²) in [7, 11) is 3.56. The van der Waals surface area contributed by atoms with E-state index in [1.54, 1.807) is 7.11 Å². The largest absolute Gasteiger partial charge is 0.382 e. The lowest BCUT2D eigenvalue weighted by Gasteiger charge is -2.12. The minimum atomic E-state index is 0.0279. The van der Waals surface area contributed by atoms with Gasteiger partial charge >= 0.3 is 0 Å². The Bertz CT molecular complexity index is 382. The van der Waals surface area contributed by atoms with E-state index < -0.39 is 0 Å². The standard InChI is InChI=1S/C13H24ClN3O2/c1-4-11-13(14)12(17(2)16-11)9-10(15)5-6-19-8-7-18-3/h10H,4-9,15H2,1-3H3. The van der Waals surface area contributed by atoms with Crippen LogP contribution in [0.5, 0.6) is 0 Å². The van der Waals surface area contributed by atoms with Crippen molar-refractivity contribution in [2.75, 3.05) is 26.9 Å². The Hall–Kier alpha value is -0.620. The molecule has 0 aliphatic carbocycles. The zero-order chi connectivity index (χ0) is 14.3. The summed E-state index contributed by atoms with van der Waals surface area (Å²) in [5.74, 6) is 0. The van der Waals surface area contributed by atoms with Crippen LogP contribution in [0.4, 0.5) is 0 Å². The molecule has 1 unspecified atom stereocenters. The molecule has 1 atom stereocenters. The van der Waals surface area contributed by atoms with E-state index in [1.165, 1.54) is 0 Å². The van der Waals surface area contributed by atoms with Gasteiger partial charge in [-0.15, -0.1) is 0 Å². The van der Waals surface area contributed by atoms with Gasteiger partial charge in [0.15, 0.2) is 0 Å². The Labute approximate surface area is 120 Å². The van der Waals surface area contributed by atoms with Crippen molar-refractivity contribution in [3.05, 3.63) is 16.4 Å². The topological polar surface area (TPSA) is 62.3 Å². The van der Waals surface area contributed by atoms with Gasteiger partial charge in [0.25, 0.3) is 0 Å². The minimum absolute atomic E-state index is 0.0279. The zero-order valence-electron chi connectivity index (χ0n) is 12.0. The number of hydrogen-bond acceptors (Lipinski definition) is 4. The molecule has 0 aliphatic heterocycles. The first-order valence-corrected chi connectivity index (χ1v) is 7.00. The van der Waals surface area contributed by atoms with Gasteiger partial charge in [-0.3, -0.25) is 4.68 Å². The molecule has 0 bridgehead atoms. The minimum Gasteiger partial charge on any atom is -0.382 e. The Kier molecular flexibility index (Phi) is 7.38. The van der Waals surface area contributed by atoms with Gasteiger partial charge in [0.2, 0.25) is 0 Å². The predicted molar refractivity (Wildman–Crippen MR) is 76.6 cm³/mol. The molecule has 1 aromatic rings. The Morgan fingerprint density at radius 2 is 2.11 bits per heavy atom. The van der Waals surface area contributed by atoms with Crippen molar-refractivity contribution in [2.45, 2.75) is 32.2 Å². The fraction of sp³-hybridized carbons (Fsp3) is 0.769. The first kappa shape index (κ1) is 16.4. The maximum absolute atomic E-state index is 6.29. The van der Waals surface area contributed by atoms with E-state index in [1.807, 2.05) is 18.7 Å². The molecule has 0 aliphatic rings. The SMILES string of the molecule is CCc1nn(C)c(CC(N)CCOCCOC)c1Cl. The van der Waals surface area contributed by atoms with Gasteiger partial charge in [-0.1, -0.05) is 18.5 Å². The molecule has 1 rings (SSSR count). The quantitative estimate of drug-likeness (QED) is 0.701. The highest BCUT2D eigenvalue weighted by molar-refractivity contribution is 6.31. The first-order valence-electron chi connectivity index (χ1n) is 6.62. The van der Waals surface area contributed by atoms with Crippen molar-refractivity contribution in [2.24, 2.45) is 12.8 Å². The summed E-state index contributed by atoms with van der Waals surface area (Å²) in [4.78, 5) is 0. The molecule has 6 heteroatoms. The van der Waals surface area contributed by atoms with E-state index >= 15 is 0 Å². The maximum Gasteiger partial charge on any atom is 0.0850 e. The van der Waals surface area contributed by atoms with Gasteiger partial charge in [0.05, 0.1) is 29.6 Å². The number of aryl methyl sites for hydroxylation is 2. The van der Waals surface area contributed by atoms with Gasteiger partial charge in [-0.2, -0.15) is 5.10 Å². The van der Waals surface area contributed by atoms with Gasteiger partial charge in [0, 0.05) is 33.2 Å². The van der Waals surface area contributed by atoms with Crippen LogP contribution in [0.25, 0.3) is 0 Å². The molecule has 0 saturated carbocycles. The molecular formula is C13H24ClN3O2. The molecule has 0 saturated heterocycles. The van der Waals surface area contributed by atoms with Crippen molar-refractivity contribution in [3.8, 4) is 0 Å². The number of nitrogens with two attached hydrogens (primary N) is 1. The summed E-state index contributed by atoms with van der Waals surface area (Å²) in [6.07, 6.45) is 2.35. The summed E-state index contributed by atoms with van der Waals surface area (Å²) in [6, 6.07) is 0.0279. The molecule has 0 amide bonds. The summed E-state index contributed by atoms with van der Waals surface area (Å²) < 4.78 is 12.1. The lowest BCUT2D eigenvalue weighted by molar-refractivity contribution is 0.0672. The second-order valence-electron chi connectivity index (χ2n) is 4.54. The third-order valence-corrected chi connectivity index (χ3v) is 3.46. The Morgan fingerprint density at radius 3 is 2.68 bits per heavy atom. The Morgan fingerprint density at radius 1 is 1.37 bits per heavy atom. The molecule has 1 heterocycles. The molecule has 19 heavy (non-hydrogen) atoms. The van der Waals surface area contributed by atoms with Gasteiger partial charge < -0.3 is 15.2 Å². The van der Waals surface area contributed by atoms with Crippen LogP contribution < -0.4 is 5.73 Å². The average molecular weight is 290 g/mol.